The lowest BCUT2D eigenvalue weighted by Gasteiger charge is -2.31. The predicted molar refractivity (Wildman–Crippen MR) is 105 cm³/mol. The maximum Gasteiger partial charge on any atom is 0.317 e. The van der Waals surface area contributed by atoms with Crippen molar-refractivity contribution in [3.05, 3.63) is 47.8 Å². The zero-order valence-corrected chi connectivity index (χ0v) is 16.0. The third-order valence-electron chi connectivity index (χ3n) is 5.31. The average Bonchev–Trinajstić information content (AvgIpc) is 3.30. The Morgan fingerprint density at radius 1 is 1.36 bits per heavy atom. The monoisotopic (exact) mass is 384 g/mol. The van der Waals surface area contributed by atoms with Crippen LogP contribution in [0.5, 0.6) is 0 Å². The van der Waals surface area contributed by atoms with Crippen molar-refractivity contribution in [3.8, 4) is 0 Å². The minimum atomic E-state index is -0.266. The molecule has 0 atom stereocenters. The highest BCUT2D eigenvalue weighted by molar-refractivity contribution is 5.75. The summed E-state index contributed by atoms with van der Waals surface area (Å²) in [6, 6.07) is 4.59. The summed E-state index contributed by atoms with van der Waals surface area (Å²) in [4.78, 5) is 22.1. The number of hydrogen-bond donors (Lipinski definition) is 2. The smallest absolute Gasteiger partial charge is 0.317 e. The van der Waals surface area contributed by atoms with Crippen molar-refractivity contribution in [2.24, 2.45) is 7.05 Å². The number of H-pyrrole nitrogens is 1. The Bertz CT molecular complexity index is 957. The number of hydrogen-bond acceptors (Lipinski definition) is 3. The number of benzene rings is 1. The molecule has 1 aliphatic rings. The average molecular weight is 384 g/mol. The van der Waals surface area contributed by atoms with E-state index in [1.165, 1.54) is 17.7 Å². The normalized spacial score (nSPS) is 15.3. The van der Waals surface area contributed by atoms with Gasteiger partial charge in [-0.1, -0.05) is 0 Å². The van der Waals surface area contributed by atoms with Gasteiger partial charge in [-0.05, 0) is 49.4 Å². The number of rotatable bonds is 5. The lowest BCUT2D eigenvalue weighted by atomic mass is 9.96. The van der Waals surface area contributed by atoms with E-state index in [-0.39, 0.29) is 17.8 Å². The maximum atomic E-state index is 13.4. The van der Waals surface area contributed by atoms with Crippen LogP contribution in [-0.2, 0) is 13.5 Å². The van der Waals surface area contributed by atoms with Crippen molar-refractivity contribution in [2.45, 2.75) is 31.6 Å². The van der Waals surface area contributed by atoms with Gasteiger partial charge in [-0.2, -0.15) is 5.10 Å². The van der Waals surface area contributed by atoms with Crippen molar-refractivity contribution < 1.29 is 9.18 Å². The molecule has 28 heavy (non-hydrogen) atoms. The Morgan fingerprint density at radius 3 is 2.93 bits per heavy atom. The largest absolute Gasteiger partial charge is 0.342 e. The number of aromatic nitrogens is 4. The molecular weight excluding hydrogens is 359 g/mol. The van der Waals surface area contributed by atoms with Gasteiger partial charge >= 0.3 is 6.03 Å². The van der Waals surface area contributed by atoms with Crippen LogP contribution >= 0.6 is 0 Å². The highest BCUT2D eigenvalue weighted by atomic mass is 19.1. The van der Waals surface area contributed by atoms with Gasteiger partial charge in [0.25, 0.3) is 0 Å². The lowest BCUT2D eigenvalue weighted by molar-refractivity contribution is 0.180. The molecule has 0 aliphatic carbocycles. The molecule has 0 bridgehead atoms. The first kappa shape index (κ1) is 18.5. The molecule has 148 valence electrons. The van der Waals surface area contributed by atoms with Crippen molar-refractivity contribution in [1.82, 2.24) is 30.0 Å². The molecule has 3 aromatic rings. The molecule has 3 heterocycles. The number of urea groups is 1. The van der Waals surface area contributed by atoms with Crippen LogP contribution in [0.2, 0.25) is 0 Å². The number of amides is 2. The Kier molecular flexibility index (Phi) is 5.27. The van der Waals surface area contributed by atoms with E-state index >= 15 is 0 Å². The molecular formula is C20H25FN6O. The fourth-order valence-corrected chi connectivity index (χ4v) is 3.75. The molecule has 0 unspecified atom stereocenters. The van der Waals surface area contributed by atoms with Gasteiger partial charge in [0.15, 0.2) is 0 Å². The molecule has 0 spiro atoms. The Labute approximate surface area is 162 Å². The number of aromatic amines is 1. The minimum absolute atomic E-state index is 0.00341. The topological polar surface area (TPSA) is 78.8 Å². The van der Waals surface area contributed by atoms with Gasteiger partial charge < -0.3 is 15.2 Å². The van der Waals surface area contributed by atoms with E-state index < -0.39 is 0 Å². The van der Waals surface area contributed by atoms with Crippen molar-refractivity contribution in [3.63, 3.8) is 0 Å². The van der Waals surface area contributed by atoms with Crippen molar-refractivity contribution >= 4 is 17.1 Å². The zero-order chi connectivity index (χ0) is 19.5. The number of likely N-dealkylation sites (tertiary alicyclic amines) is 1. The number of carbonyl (C=O) groups is 1. The molecule has 7 nitrogen and oxygen atoms in total. The summed E-state index contributed by atoms with van der Waals surface area (Å²) in [6.07, 6.45) is 7.36. The SMILES string of the molecule is Cn1cc(CCCNC(=O)N2CCC(c3nc4ccc(F)cc4[nH]3)CC2)cn1. The van der Waals surface area contributed by atoms with Crippen LogP contribution in [0.25, 0.3) is 11.0 Å². The summed E-state index contributed by atoms with van der Waals surface area (Å²) in [5, 5.41) is 7.16. The molecule has 1 aliphatic heterocycles. The number of nitrogens with zero attached hydrogens (tertiary/aromatic N) is 4. The summed E-state index contributed by atoms with van der Waals surface area (Å²) in [5.74, 6) is 0.889. The third kappa shape index (κ3) is 4.16. The summed E-state index contributed by atoms with van der Waals surface area (Å²) >= 11 is 0. The number of fused-ring (bicyclic) bond motifs is 1. The van der Waals surface area contributed by atoms with Crippen LogP contribution in [0, 0.1) is 5.82 Å². The second-order valence-electron chi connectivity index (χ2n) is 7.40. The summed E-state index contributed by atoms with van der Waals surface area (Å²) in [5.41, 5.74) is 2.69. The van der Waals surface area contributed by atoms with Crippen LogP contribution in [0.15, 0.2) is 30.6 Å². The Hall–Kier alpha value is -2.90. The fraction of sp³-hybridized carbons (Fsp3) is 0.450. The van der Waals surface area contributed by atoms with Crippen LogP contribution in [-0.4, -0.2) is 50.3 Å². The Balaban J connectivity index is 1.23. The molecule has 0 radical (unpaired) electrons. The number of halogens is 1. The number of carbonyl (C=O) groups excluding carboxylic acids is 1. The molecule has 1 fully saturated rings. The van der Waals surface area contributed by atoms with Gasteiger partial charge in [0.2, 0.25) is 0 Å². The second kappa shape index (κ2) is 8.00. The van der Waals surface area contributed by atoms with E-state index in [1.807, 2.05) is 24.3 Å². The quantitative estimate of drug-likeness (QED) is 0.664. The Morgan fingerprint density at radius 2 is 2.18 bits per heavy atom. The molecule has 2 amide bonds. The molecule has 4 rings (SSSR count). The number of nitrogens with one attached hydrogen (secondary N) is 2. The van der Waals surface area contributed by atoms with Crippen LogP contribution in [0.3, 0.4) is 0 Å². The second-order valence-corrected chi connectivity index (χ2v) is 7.40. The first-order valence-electron chi connectivity index (χ1n) is 9.74. The fourth-order valence-electron chi connectivity index (χ4n) is 3.75. The summed E-state index contributed by atoms with van der Waals surface area (Å²) < 4.78 is 15.1. The number of aryl methyl sites for hydroxylation is 2. The van der Waals surface area contributed by atoms with E-state index in [2.05, 4.69) is 20.4 Å². The van der Waals surface area contributed by atoms with Crippen molar-refractivity contribution in [1.29, 1.82) is 0 Å². The highest BCUT2D eigenvalue weighted by Gasteiger charge is 2.25. The van der Waals surface area contributed by atoms with Gasteiger partial charge in [0.05, 0.1) is 17.2 Å². The highest BCUT2D eigenvalue weighted by Crippen LogP contribution is 2.27. The van der Waals surface area contributed by atoms with E-state index in [1.54, 1.807) is 10.7 Å². The van der Waals surface area contributed by atoms with E-state index in [0.717, 1.165) is 42.5 Å². The van der Waals surface area contributed by atoms with Crippen LogP contribution < -0.4 is 5.32 Å². The predicted octanol–water partition coefficient (Wildman–Crippen LogP) is 2.96. The number of piperidine rings is 1. The third-order valence-corrected chi connectivity index (χ3v) is 5.31. The zero-order valence-electron chi connectivity index (χ0n) is 16.0. The van der Waals surface area contributed by atoms with Gasteiger partial charge in [-0.15, -0.1) is 0 Å². The first-order valence-corrected chi connectivity index (χ1v) is 9.74. The number of imidazole rings is 1. The maximum absolute atomic E-state index is 13.4. The van der Waals surface area contributed by atoms with E-state index in [0.29, 0.717) is 19.6 Å². The minimum Gasteiger partial charge on any atom is -0.342 e. The molecule has 0 saturated carbocycles. The molecule has 8 heteroatoms. The first-order chi connectivity index (χ1) is 13.6. The van der Waals surface area contributed by atoms with E-state index in [9.17, 15) is 9.18 Å². The van der Waals surface area contributed by atoms with Gasteiger partial charge in [-0.3, -0.25) is 4.68 Å². The molecule has 2 N–H and O–H groups in total. The molecule has 1 aromatic carbocycles. The standard InChI is InChI=1S/C20H25FN6O/c1-26-13-14(12-23-26)3-2-8-22-20(28)27-9-6-15(7-10-27)19-24-17-5-4-16(21)11-18(17)25-19/h4-5,11-13,15H,2-3,6-10H2,1H3,(H,22,28)(H,24,25). The van der Waals surface area contributed by atoms with Gasteiger partial charge in [0, 0.05) is 38.8 Å². The van der Waals surface area contributed by atoms with E-state index in [4.69, 9.17) is 0 Å². The van der Waals surface area contributed by atoms with Gasteiger partial charge in [-0.25, -0.2) is 14.2 Å². The van der Waals surface area contributed by atoms with Crippen LogP contribution in [0.1, 0.15) is 36.6 Å². The van der Waals surface area contributed by atoms with Crippen molar-refractivity contribution in [2.75, 3.05) is 19.6 Å². The summed E-state index contributed by atoms with van der Waals surface area (Å²) in [6.45, 7) is 2.05. The molecule has 2 aromatic heterocycles. The molecule has 1 saturated heterocycles. The van der Waals surface area contributed by atoms with Gasteiger partial charge in [0.1, 0.15) is 11.6 Å². The summed E-state index contributed by atoms with van der Waals surface area (Å²) in [7, 11) is 1.90. The van der Waals surface area contributed by atoms with Crippen LogP contribution in [0.4, 0.5) is 9.18 Å². The lowest BCUT2D eigenvalue weighted by Crippen LogP contribution is -2.44.